The summed E-state index contributed by atoms with van der Waals surface area (Å²) < 4.78 is 2.01. The van der Waals surface area contributed by atoms with Gasteiger partial charge in [0.2, 0.25) is 6.41 Å². The molecule has 3 N–H and O–H groups in total. The van der Waals surface area contributed by atoms with Crippen LogP contribution < -0.4 is 5.32 Å². The lowest BCUT2D eigenvalue weighted by molar-refractivity contribution is -0.136. The van der Waals surface area contributed by atoms with Crippen LogP contribution in [0.1, 0.15) is 16.7 Å². The number of nitrogens with zero attached hydrogens (tertiary/aromatic N) is 2. The van der Waals surface area contributed by atoms with Gasteiger partial charge in [-0.25, -0.2) is 0 Å². The highest BCUT2D eigenvalue weighted by molar-refractivity contribution is 6.18. The first-order chi connectivity index (χ1) is 14.0. The van der Waals surface area contributed by atoms with Gasteiger partial charge in [-0.3, -0.25) is 14.6 Å². The molecule has 7 nitrogen and oxygen atoms in total. The van der Waals surface area contributed by atoms with Crippen molar-refractivity contribution in [2.45, 2.75) is 19.9 Å². The van der Waals surface area contributed by atoms with Crippen molar-refractivity contribution in [1.82, 2.24) is 9.55 Å². The average molecular weight is 389 g/mol. The fourth-order valence-electron chi connectivity index (χ4n) is 3.80. The van der Waals surface area contributed by atoms with E-state index >= 15 is 0 Å². The minimum atomic E-state index is -1.01. The normalized spacial score (nSPS) is 11.1. The van der Waals surface area contributed by atoms with E-state index in [1.807, 2.05) is 41.8 Å². The van der Waals surface area contributed by atoms with Crippen LogP contribution in [0.2, 0.25) is 0 Å². The predicted molar refractivity (Wildman–Crippen MR) is 110 cm³/mol. The van der Waals surface area contributed by atoms with Gasteiger partial charge in [0.1, 0.15) is 5.75 Å². The van der Waals surface area contributed by atoms with Crippen molar-refractivity contribution in [2.75, 3.05) is 5.32 Å². The van der Waals surface area contributed by atoms with Crippen LogP contribution >= 0.6 is 0 Å². The number of carboxylic acids is 1. The van der Waals surface area contributed by atoms with Gasteiger partial charge in [-0.1, -0.05) is 30.3 Å². The zero-order chi connectivity index (χ0) is 20.5. The van der Waals surface area contributed by atoms with Crippen LogP contribution in [0.5, 0.6) is 5.75 Å². The van der Waals surface area contributed by atoms with E-state index in [4.69, 9.17) is 0 Å². The van der Waals surface area contributed by atoms with Gasteiger partial charge in [-0.05, 0) is 29.7 Å². The molecule has 0 saturated carbocycles. The van der Waals surface area contributed by atoms with E-state index in [0.717, 1.165) is 16.6 Å². The summed E-state index contributed by atoms with van der Waals surface area (Å²) in [4.78, 5) is 26.7. The van der Waals surface area contributed by atoms with Gasteiger partial charge < -0.3 is 20.1 Å². The molecular formula is C22H19N3O4. The lowest BCUT2D eigenvalue weighted by Gasteiger charge is -2.12. The number of rotatable bonds is 6. The quantitative estimate of drug-likeness (QED) is 0.438. The smallest absolute Gasteiger partial charge is 0.307 e. The van der Waals surface area contributed by atoms with Gasteiger partial charge in [0.15, 0.2) is 0 Å². The van der Waals surface area contributed by atoms with E-state index < -0.39 is 5.97 Å². The zero-order valence-electron chi connectivity index (χ0n) is 15.7. The Labute approximate surface area is 166 Å². The number of benzene rings is 2. The van der Waals surface area contributed by atoms with Crippen LogP contribution in [-0.2, 0) is 22.6 Å². The first kappa shape index (κ1) is 18.5. The molecule has 0 aliphatic carbocycles. The maximum absolute atomic E-state index is 11.3. The number of aromatic nitrogens is 2. The number of carboxylic acid groups (broad SMARTS) is 1. The molecule has 0 bridgehead atoms. The fourth-order valence-corrected chi connectivity index (χ4v) is 3.80. The minimum absolute atomic E-state index is 0.0301. The van der Waals surface area contributed by atoms with Gasteiger partial charge in [0.05, 0.1) is 40.9 Å². The lowest BCUT2D eigenvalue weighted by Crippen LogP contribution is -2.06. The summed E-state index contributed by atoms with van der Waals surface area (Å²) in [5.41, 5.74) is 4.55. The van der Waals surface area contributed by atoms with Gasteiger partial charge in [-0.2, -0.15) is 0 Å². The van der Waals surface area contributed by atoms with Crippen molar-refractivity contribution in [2.24, 2.45) is 0 Å². The summed E-state index contributed by atoms with van der Waals surface area (Å²) in [5.74, 6) is -1.04. The first-order valence-corrected chi connectivity index (χ1v) is 9.08. The molecule has 2 aromatic carbocycles. The van der Waals surface area contributed by atoms with Crippen molar-refractivity contribution in [3.8, 4) is 5.75 Å². The topological polar surface area (TPSA) is 104 Å². The maximum Gasteiger partial charge on any atom is 0.307 e. The number of carbonyl (C=O) groups is 2. The van der Waals surface area contributed by atoms with E-state index in [0.29, 0.717) is 40.5 Å². The molecule has 29 heavy (non-hydrogen) atoms. The number of aliphatic carboxylic acids is 1. The van der Waals surface area contributed by atoms with E-state index in [9.17, 15) is 19.8 Å². The Hall–Kier alpha value is -3.87. The van der Waals surface area contributed by atoms with Gasteiger partial charge in [0.25, 0.3) is 0 Å². The molecular weight excluding hydrogens is 370 g/mol. The number of fused-ring (bicyclic) bond motifs is 3. The fraction of sp³-hybridized carbons (Fsp3) is 0.136. The standard InChI is InChI=1S/C22H19N3O4/c1-13-4-2-3-5-15(13)11-25-16-7-6-14(8-19(28)29)22(24-12-26)21(16)20-17(25)9-23-10-18(20)27/h2-7,9-10,12,27H,8,11H2,1H3,(H,24,26)(H,28,29). The number of hydrogen-bond acceptors (Lipinski definition) is 4. The molecule has 4 aromatic rings. The zero-order valence-corrected chi connectivity index (χ0v) is 15.7. The summed E-state index contributed by atoms with van der Waals surface area (Å²) >= 11 is 0. The number of anilines is 1. The number of pyridine rings is 1. The van der Waals surface area contributed by atoms with Crippen LogP contribution in [0.3, 0.4) is 0 Å². The maximum atomic E-state index is 11.3. The van der Waals surface area contributed by atoms with Crippen LogP contribution in [0.4, 0.5) is 5.69 Å². The summed E-state index contributed by atoms with van der Waals surface area (Å²) in [5, 5.41) is 23.6. The number of carbonyl (C=O) groups excluding carboxylic acids is 1. The summed E-state index contributed by atoms with van der Waals surface area (Å²) in [6.07, 6.45) is 3.27. The molecule has 0 spiro atoms. The third-order valence-electron chi connectivity index (χ3n) is 5.14. The van der Waals surface area contributed by atoms with Gasteiger partial charge in [-0.15, -0.1) is 0 Å². The second-order valence-corrected chi connectivity index (χ2v) is 6.89. The third-order valence-corrected chi connectivity index (χ3v) is 5.14. The van der Waals surface area contributed by atoms with Crippen molar-refractivity contribution in [3.05, 3.63) is 65.5 Å². The van der Waals surface area contributed by atoms with E-state index in [1.54, 1.807) is 12.3 Å². The lowest BCUT2D eigenvalue weighted by atomic mass is 10.0. The SMILES string of the molecule is Cc1ccccc1Cn1c2cncc(O)c2c2c(NC=O)c(CC(=O)O)ccc21. The van der Waals surface area contributed by atoms with Crippen LogP contribution in [0, 0.1) is 6.92 Å². The Bertz CT molecular complexity index is 1260. The molecule has 0 aliphatic heterocycles. The van der Waals surface area contributed by atoms with Crippen molar-refractivity contribution >= 4 is 39.9 Å². The van der Waals surface area contributed by atoms with Gasteiger partial charge in [0, 0.05) is 11.9 Å². The largest absolute Gasteiger partial charge is 0.506 e. The molecule has 0 fully saturated rings. The second-order valence-electron chi connectivity index (χ2n) is 6.89. The predicted octanol–water partition coefficient (Wildman–Crippen LogP) is 3.45. The highest BCUT2D eigenvalue weighted by atomic mass is 16.4. The number of hydrogen-bond donors (Lipinski definition) is 3. The van der Waals surface area contributed by atoms with Crippen LogP contribution in [0.15, 0.2) is 48.8 Å². The summed E-state index contributed by atoms with van der Waals surface area (Å²) in [6, 6.07) is 11.5. The summed E-state index contributed by atoms with van der Waals surface area (Å²) in [7, 11) is 0. The summed E-state index contributed by atoms with van der Waals surface area (Å²) in [6.45, 7) is 2.57. The third kappa shape index (κ3) is 3.16. The number of nitrogens with one attached hydrogen (secondary N) is 1. The number of aryl methyl sites for hydroxylation is 1. The Balaban J connectivity index is 2.07. The van der Waals surface area contributed by atoms with Crippen molar-refractivity contribution in [1.29, 1.82) is 0 Å². The number of aromatic hydroxyl groups is 1. The van der Waals surface area contributed by atoms with E-state index in [2.05, 4.69) is 10.3 Å². The molecule has 146 valence electrons. The molecule has 7 heteroatoms. The Morgan fingerprint density at radius 1 is 1.10 bits per heavy atom. The monoisotopic (exact) mass is 389 g/mol. The molecule has 0 saturated heterocycles. The highest BCUT2D eigenvalue weighted by Gasteiger charge is 2.20. The molecule has 2 aromatic heterocycles. The Kier molecular flexibility index (Phi) is 4.64. The molecule has 0 unspecified atom stereocenters. The number of amides is 1. The average Bonchev–Trinajstić information content (AvgIpc) is 3.00. The molecule has 0 radical (unpaired) electrons. The first-order valence-electron chi connectivity index (χ1n) is 9.08. The molecule has 0 atom stereocenters. The Morgan fingerprint density at radius 3 is 2.62 bits per heavy atom. The molecule has 2 heterocycles. The molecule has 1 amide bonds. The van der Waals surface area contributed by atoms with E-state index in [1.165, 1.54) is 6.20 Å². The van der Waals surface area contributed by atoms with Gasteiger partial charge >= 0.3 is 5.97 Å². The molecule has 4 rings (SSSR count). The highest BCUT2D eigenvalue weighted by Crippen LogP contribution is 2.40. The van der Waals surface area contributed by atoms with Crippen LogP contribution in [0.25, 0.3) is 21.8 Å². The van der Waals surface area contributed by atoms with Crippen molar-refractivity contribution < 1.29 is 19.8 Å². The van der Waals surface area contributed by atoms with E-state index in [-0.39, 0.29) is 12.2 Å². The minimum Gasteiger partial charge on any atom is -0.506 e. The van der Waals surface area contributed by atoms with Crippen LogP contribution in [-0.4, -0.2) is 32.1 Å². The second kappa shape index (κ2) is 7.27. The Morgan fingerprint density at radius 2 is 1.90 bits per heavy atom. The molecule has 0 aliphatic rings. The van der Waals surface area contributed by atoms with Crippen molar-refractivity contribution in [3.63, 3.8) is 0 Å².